The lowest BCUT2D eigenvalue weighted by molar-refractivity contribution is -0.116. The highest BCUT2D eigenvalue weighted by Gasteiger charge is 2.13. The average Bonchev–Trinajstić information content (AvgIpc) is 2.61. The Bertz CT molecular complexity index is 733. The Balaban J connectivity index is 0.00000338. The van der Waals surface area contributed by atoms with E-state index < -0.39 is 0 Å². The summed E-state index contributed by atoms with van der Waals surface area (Å²) in [5, 5.41) is 5.58. The highest BCUT2D eigenvalue weighted by Crippen LogP contribution is 2.19. The molecule has 0 spiro atoms. The van der Waals surface area contributed by atoms with Crippen molar-refractivity contribution in [2.75, 3.05) is 17.7 Å². The number of amides is 2. The molecular formula is C19H24ClN3O3. The number of ether oxygens (including phenoxy) is 1. The Hall–Kier alpha value is -2.57. The zero-order valence-corrected chi connectivity index (χ0v) is 15.6. The van der Waals surface area contributed by atoms with Gasteiger partial charge in [-0.15, -0.1) is 12.4 Å². The average molecular weight is 378 g/mol. The Morgan fingerprint density at radius 3 is 2.35 bits per heavy atom. The number of methoxy groups -OCH3 is 1. The lowest BCUT2D eigenvalue weighted by atomic mass is 10.1. The van der Waals surface area contributed by atoms with Crippen molar-refractivity contribution in [2.45, 2.75) is 25.8 Å². The first-order valence-corrected chi connectivity index (χ1v) is 8.09. The van der Waals surface area contributed by atoms with Gasteiger partial charge in [0.2, 0.25) is 5.91 Å². The maximum atomic E-state index is 12.5. The van der Waals surface area contributed by atoms with Gasteiger partial charge in [-0.1, -0.05) is 12.1 Å². The molecule has 2 amide bonds. The zero-order valence-electron chi connectivity index (χ0n) is 14.8. The van der Waals surface area contributed by atoms with Gasteiger partial charge in [0, 0.05) is 18.2 Å². The quantitative estimate of drug-likeness (QED) is 0.689. The highest BCUT2D eigenvalue weighted by atomic mass is 35.5. The number of halogens is 1. The van der Waals surface area contributed by atoms with E-state index in [1.165, 1.54) is 0 Å². The molecule has 140 valence electrons. The lowest BCUT2D eigenvalue weighted by Crippen LogP contribution is -2.21. The van der Waals surface area contributed by atoms with Gasteiger partial charge in [0.1, 0.15) is 5.75 Å². The van der Waals surface area contributed by atoms with Crippen molar-refractivity contribution in [1.82, 2.24) is 0 Å². The predicted octanol–water partition coefficient (Wildman–Crippen LogP) is 3.44. The number of carbonyl (C=O) groups excluding carboxylic acids is 2. The van der Waals surface area contributed by atoms with E-state index in [9.17, 15) is 9.59 Å². The molecule has 2 rings (SSSR count). The summed E-state index contributed by atoms with van der Waals surface area (Å²) in [5.74, 6) is 0.245. The Morgan fingerprint density at radius 2 is 1.73 bits per heavy atom. The van der Waals surface area contributed by atoms with Crippen LogP contribution in [0.2, 0.25) is 0 Å². The summed E-state index contributed by atoms with van der Waals surface area (Å²) in [6.07, 6.45) is 0.901. The molecule has 0 bridgehead atoms. The maximum absolute atomic E-state index is 12.5. The highest BCUT2D eigenvalue weighted by molar-refractivity contribution is 6.10. The second kappa shape index (κ2) is 10.4. The summed E-state index contributed by atoms with van der Waals surface area (Å²) >= 11 is 0. The number of nitrogens with two attached hydrogens (primary N) is 1. The van der Waals surface area contributed by atoms with Crippen molar-refractivity contribution in [3.63, 3.8) is 0 Å². The van der Waals surface area contributed by atoms with E-state index in [2.05, 4.69) is 10.6 Å². The van der Waals surface area contributed by atoms with Gasteiger partial charge in [0.25, 0.3) is 5.91 Å². The first kappa shape index (κ1) is 21.5. The molecular weight excluding hydrogens is 354 g/mol. The van der Waals surface area contributed by atoms with Crippen LogP contribution in [0.5, 0.6) is 5.75 Å². The first-order valence-electron chi connectivity index (χ1n) is 8.09. The van der Waals surface area contributed by atoms with E-state index in [0.29, 0.717) is 35.5 Å². The number of hydrogen-bond donors (Lipinski definition) is 3. The molecule has 0 heterocycles. The van der Waals surface area contributed by atoms with Crippen LogP contribution < -0.4 is 21.1 Å². The molecule has 1 unspecified atom stereocenters. The van der Waals surface area contributed by atoms with Crippen LogP contribution >= 0.6 is 12.4 Å². The van der Waals surface area contributed by atoms with E-state index in [-0.39, 0.29) is 30.3 Å². The van der Waals surface area contributed by atoms with Gasteiger partial charge in [-0.3, -0.25) is 9.59 Å². The van der Waals surface area contributed by atoms with Gasteiger partial charge in [-0.2, -0.15) is 0 Å². The molecule has 0 aliphatic heterocycles. The van der Waals surface area contributed by atoms with Crippen molar-refractivity contribution >= 4 is 35.6 Å². The largest absolute Gasteiger partial charge is 0.497 e. The number of nitrogens with one attached hydrogen (secondary N) is 2. The number of anilines is 2. The molecule has 0 aliphatic rings. The monoisotopic (exact) mass is 377 g/mol. The van der Waals surface area contributed by atoms with Crippen molar-refractivity contribution in [3.05, 3.63) is 54.1 Å². The fourth-order valence-electron chi connectivity index (χ4n) is 2.23. The summed E-state index contributed by atoms with van der Waals surface area (Å²) in [6, 6.07) is 13.9. The van der Waals surface area contributed by atoms with E-state index in [0.717, 1.165) is 0 Å². The molecule has 4 N–H and O–H groups in total. The fraction of sp³-hybridized carbons (Fsp3) is 0.263. The Morgan fingerprint density at radius 1 is 1.08 bits per heavy atom. The van der Waals surface area contributed by atoms with Gasteiger partial charge >= 0.3 is 0 Å². The van der Waals surface area contributed by atoms with Crippen LogP contribution in [-0.4, -0.2) is 25.0 Å². The molecule has 2 aromatic carbocycles. The van der Waals surface area contributed by atoms with Crippen LogP contribution in [0, 0.1) is 0 Å². The van der Waals surface area contributed by atoms with Crippen LogP contribution in [0.25, 0.3) is 0 Å². The minimum atomic E-state index is -0.298. The summed E-state index contributed by atoms with van der Waals surface area (Å²) in [5.41, 5.74) is 7.18. The molecule has 0 aliphatic carbocycles. The standard InChI is InChI=1S/C19H23N3O3.ClH/c1-13(20)7-12-18(23)22-17-6-4-3-5-16(17)19(24)21-14-8-10-15(25-2)11-9-14;/h3-6,8-11,13H,7,12,20H2,1-2H3,(H,21,24)(H,22,23);1H. The van der Waals surface area contributed by atoms with Crippen molar-refractivity contribution in [2.24, 2.45) is 5.73 Å². The third-order valence-corrected chi connectivity index (χ3v) is 3.62. The number of carbonyl (C=O) groups is 2. The van der Waals surface area contributed by atoms with Gasteiger partial charge < -0.3 is 21.1 Å². The molecule has 0 saturated heterocycles. The van der Waals surface area contributed by atoms with Gasteiger partial charge in [0.05, 0.1) is 18.4 Å². The van der Waals surface area contributed by atoms with Crippen molar-refractivity contribution < 1.29 is 14.3 Å². The number of rotatable bonds is 7. The van der Waals surface area contributed by atoms with Crippen LogP contribution in [-0.2, 0) is 4.79 Å². The Labute approximate surface area is 159 Å². The summed E-state index contributed by atoms with van der Waals surface area (Å²) in [7, 11) is 1.58. The molecule has 0 aromatic heterocycles. The van der Waals surface area contributed by atoms with Crippen LogP contribution in [0.3, 0.4) is 0 Å². The Kier molecular flexibility index (Phi) is 8.61. The molecule has 0 saturated carbocycles. The van der Waals surface area contributed by atoms with Gasteiger partial charge in [-0.25, -0.2) is 0 Å². The van der Waals surface area contributed by atoms with E-state index in [4.69, 9.17) is 10.5 Å². The van der Waals surface area contributed by atoms with Gasteiger partial charge in [-0.05, 0) is 49.7 Å². The molecule has 0 radical (unpaired) electrons. The van der Waals surface area contributed by atoms with Gasteiger partial charge in [0.15, 0.2) is 0 Å². The van der Waals surface area contributed by atoms with Crippen molar-refractivity contribution in [3.8, 4) is 5.75 Å². The normalized spacial score (nSPS) is 11.0. The number of hydrogen-bond acceptors (Lipinski definition) is 4. The molecule has 2 aromatic rings. The van der Waals surface area contributed by atoms with Crippen LogP contribution in [0.15, 0.2) is 48.5 Å². The summed E-state index contributed by atoms with van der Waals surface area (Å²) in [6.45, 7) is 1.85. The summed E-state index contributed by atoms with van der Waals surface area (Å²) in [4.78, 5) is 24.5. The smallest absolute Gasteiger partial charge is 0.257 e. The van der Waals surface area contributed by atoms with E-state index in [1.807, 2.05) is 6.92 Å². The molecule has 7 heteroatoms. The van der Waals surface area contributed by atoms with E-state index in [1.54, 1.807) is 55.6 Å². The molecule has 1 atom stereocenters. The van der Waals surface area contributed by atoms with Crippen molar-refractivity contribution in [1.29, 1.82) is 0 Å². The van der Waals surface area contributed by atoms with Crippen LogP contribution in [0.4, 0.5) is 11.4 Å². The summed E-state index contributed by atoms with van der Waals surface area (Å²) < 4.78 is 5.09. The fourth-order valence-corrected chi connectivity index (χ4v) is 2.23. The predicted molar refractivity (Wildman–Crippen MR) is 106 cm³/mol. The van der Waals surface area contributed by atoms with E-state index >= 15 is 0 Å². The topological polar surface area (TPSA) is 93.5 Å². The lowest BCUT2D eigenvalue weighted by Gasteiger charge is -2.12. The minimum absolute atomic E-state index is 0. The first-order chi connectivity index (χ1) is 12.0. The van der Waals surface area contributed by atoms with Crippen LogP contribution in [0.1, 0.15) is 30.1 Å². The third kappa shape index (κ3) is 6.38. The third-order valence-electron chi connectivity index (χ3n) is 3.62. The number of para-hydroxylation sites is 1. The SMILES string of the molecule is COc1ccc(NC(=O)c2ccccc2NC(=O)CCC(C)N)cc1.Cl. The second-order valence-electron chi connectivity index (χ2n) is 5.79. The second-order valence-corrected chi connectivity index (χ2v) is 5.79. The molecule has 6 nitrogen and oxygen atoms in total. The minimum Gasteiger partial charge on any atom is -0.497 e. The molecule has 26 heavy (non-hydrogen) atoms. The molecule has 0 fully saturated rings. The zero-order chi connectivity index (χ0) is 18.2. The maximum Gasteiger partial charge on any atom is 0.257 e. The number of benzene rings is 2.